The molecule has 0 amide bonds. The molecule has 1 aliphatic heterocycles. The lowest BCUT2D eigenvalue weighted by Gasteiger charge is -2.35. The summed E-state index contributed by atoms with van der Waals surface area (Å²) in [7, 11) is 0. The normalized spacial score (nSPS) is 30.5. The van der Waals surface area contributed by atoms with Crippen LogP contribution in [0.1, 0.15) is 39.5 Å². The van der Waals surface area contributed by atoms with Gasteiger partial charge in [-0.05, 0) is 39.3 Å². The van der Waals surface area contributed by atoms with E-state index < -0.39 is 0 Å². The summed E-state index contributed by atoms with van der Waals surface area (Å²) in [6.45, 7) is 8.08. The van der Waals surface area contributed by atoms with Crippen molar-refractivity contribution < 1.29 is 0 Å². The maximum Gasteiger partial charge on any atom is 0.0278 e. The van der Waals surface area contributed by atoms with E-state index in [0.717, 1.165) is 6.54 Å². The molecule has 1 rings (SSSR count). The molecule has 1 heterocycles. The molecule has 0 aromatic heterocycles. The van der Waals surface area contributed by atoms with Gasteiger partial charge in [0, 0.05) is 12.1 Å². The number of hydrogen-bond acceptors (Lipinski definition) is 2. The van der Waals surface area contributed by atoms with E-state index in [-0.39, 0.29) is 0 Å². The number of piperidine rings is 1. The number of rotatable bonds is 4. The lowest BCUT2D eigenvalue weighted by Crippen LogP contribution is -2.53. The van der Waals surface area contributed by atoms with Gasteiger partial charge in [0.2, 0.25) is 0 Å². The summed E-state index contributed by atoms with van der Waals surface area (Å²) in [4.78, 5) is 0. The molecule has 1 aliphatic rings. The highest BCUT2D eigenvalue weighted by atomic mass is 15.0. The summed E-state index contributed by atoms with van der Waals surface area (Å²) in [5.74, 6) is 0. The first-order chi connectivity index (χ1) is 5.77. The Morgan fingerprint density at radius 1 is 1.50 bits per heavy atom. The zero-order valence-corrected chi connectivity index (χ0v) is 8.45. The van der Waals surface area contributed by atoms with Crippen LogP contribution >= 0.6 is 0 Å². The third-order valence-corrected chi connectivity index (χ3v) is 2.68. The predicted molar refractivity (Wildman–Crippen MR) is 53.4 cm³/mol. The fraction of sp³-hybridized carbons (Fsp3) is 1.00. The van der Waals surface area contributed by atoms with E-state index >= 15 is 0 Å². The van der Waals surface area contributed by atoms with E-state index in [9.17, 15) is 0 Å². The van der Waals surface area contributed by atoms with Crippen LogP contribution in [0, 0.1) is 0 Å². The third kappa shape index (κ3) is 3.11. The smallest absolute Gasteiger partial charge is 0.0278 e. The van der Waals surface area contributed by atoms with Crippen molar-refractivity contribution in [3.63, 3.8) is 0 Å². The second-order valence-electron chi connectivity index (χ2n) is 4.12. The van der Waals surface area contributed by atoms with E-state index in [0.29, 0.717) is 5.54 Å². The maximum atomic E-state index is 3.64. The first-order valence-corrected chi connectivity index (χ1v) is 5.22. The number of hydrogen-bond donors (Lipinski definition) is 2. The van der Waals surface area contributed by atoms with Gasteiger partial charge in [-0.3, -0.25) is 0 Å². The molecule has 0 aliphatic carbocycles. The fourth-order valence-electron chi connectivity index (χ4n) is 1.77. The van der Waals surface area contributed by atoms with E-state index in [2.05, 4.69) is 24.5 Å². The van der Waals surface area contributed by atoms with E-state index in [4.69, 9.17) is 0 Å². The molecule has 1 unspecified atom stereocenters. The number of nitrogens with one attached hydrogen (secondary N) is 2. The van der Waals surface area contributed by atoms with Crippen molar-refractivity contribution in [3.05, 3.63) is 0 Å². The Morgan fingerprint density at radius 2 is 2.33 bits per heavy atom. The zero-order chi connectivity index (χ0) is 8.86. The van der Waals surface area contributed by atoms with Crippen LogP contribution in [0.3, 0.4) is 0 Å². The monoisotopic (exact) mass is 170 g/mol. The van der Waals surface area contributed by atoms with Gasteiger partial charge in [-0.2, -0.15) is 0 Å². The molecule has 72 valence electrons. The van der Waals surface area contributed by atoms with Crippen LogP contribution in [0.25, 0.3) is 0 Å². The molecule has 12 heavy (non-hydrogen) atoms. The van der Waals surface area contributed by atoms with Crippen molar-refractivity contribution in [2.24, 2.45) is 0 Å². The SMILES string of the molecule is CCCCNC1(C)CCCNC1. The first-order valence-electron chi connectivity index (χ1n) is 5.22. The Kier molecular flexibility index (Phi) is 4.02. The van der Waals surface area contributed by atoms with Crippen molar-refractivity contribution in [3.8, 4) is 0 Å². The average Bonchev–Trinajstić information content (AvgIpc) is 2.06. The summed E-state index contributed by atoms with van der Waals surface area (Å²) < 4.78 is 0. The Bertz CT molecular complexity index is 117. The van der Waals surface area contributed by atoms with Gasteiger partial charge in [-0.1, -0.05) is 13.3 Å². The average molecular weight is 170 g/mol. The lowest BCUT2D eigenvalue weighted by atomic mass is 9.92. The molecule has 1 atom stereocenters. The van der Waals surface area contributed by atoms with Crippen LogP contribution in [-0.4, -0.2) is 25.2 Å². The molecular weight excluding hydrogens is 148 g/mol. The summed E-state index contributed by atoms with van der Waals surface area (Å²) in [5, 5.41) is 7.08. The minimum atomic E-state index is 0.368. The summed E-state index contributed by atoms with van der Waals surface area (Å²) in [6, 6.07) is 0. The van der Waals surface area contributed by atoms with E-state index in [1.54, 1.807) is 0 Å². The molecule has 1 fully saturated rings. The Morgan fingerprint density at radius 3 is 2.92 bits per heavy atom. The lowest BCUT2D eigenvalue weighted by molar-refractivity contribution is 0.271. The maximum absolute atomic E-state index is 3.64. The molecule has 0 saturated carbocycles. The van der Waals surface area contributed by atoms with Crippen molar-refractivity contribution in [1.29, 1.82) is 0 Å². The molecule has 0 aromatic rings. The van der Waals surface area contributed by atoms with Crippen molar-refractivity contribution in [2.75, 3.05) is 19.6 Å². The molecule has 2 nitrogen and oxygen atoms in total. The molecule has 1 saturated heterocycles. The topological polar surface area (TPSA) is 24.1 Å². The Balaban J connectivity index is 2.17. The molecule has 2 heteroatoms. The van der Waals surface area contributed by atoms with Crippen LogP contribution in [0.5, 0.6) is 0 Å². The van der Waals surface area contributed by atoms with Crippen molar-refractivity contribution in [2.45, 2.75) is 45.1 Å². The molecular formula is C10H22N2. The van der Waals surface area contributed by atoms with E-state index in [1.807, 2.05) is 0 Å². The zero-order valence-electron chi connectivity index (χ0n) is 8.45. The van der Waals surface area contributed by atoms with Gasteiger partial charge in [0.1, 0.15) is 0 Å². The highest BCUT2D eigenvalue weighted by Gasteiger charge is 2.24. The van der Waals surface area contributed by atoms with Crippen LogP contribution in [0.4, 0.5) is 0 Å². The minimum Gasteiger partial charge on any atom is -0.315 e. The van der Waals surface area contributed by atoms with Gasteiger partial charge >= 0.3 is 0 Å². The largest absolute Gasteiger partial charge is 0.315 e. The number of unbranched alkanes of at least 4 members (excludes halogenated alkanes) is 1. The van der Waals surface area contributed by atoms with Crippen LogP contribution in [0.2, 0.25) is 0 Å². The van der Waals surface area contributed by atoms with Gasteiger partial charge < -0.3 is 10.6 Å². The van der Waals surface area contributed by atoms with Gasteiger partial charge in [-0.15, -0.1) is 0 Å². The first kappa shape index (κ1) is 10.0. The molecule has 0 radical (unpaired) electrons. The summed E-state index contributed by atoms with van der Waals surface area (Å²) in [6.07, 6.45) is 5.23. The Hall–Kier alpha value is -0.0800. The second-order valence-corrected chi connectivity index (χ2v) is 4.12. The molecule has 2 N–H and O–H groups in total. The quantitative estimate of drug-likeness (QED) is 0.625. The third-order valence-electron chi connectivity index (χ3n) is 2.68. The Labute approximate surface area is 76.1 Å². The minimum absolute atomic E-state index is 0.368. The van der Waals surface area contributed by atoms with Crippen molar-refractivity contribution in [1.82, 2.24) is 10.6 Å². The predicted octanol–water partition coefficient (Wildman–Crippen LogP) is 1.52. The summed E-state index contributed by atoms with van der Waals surface area (Å²) in [5.41, 5.74) is 0.368. The highest BCUT2D eigenvalue weighted by Crippen LogP contribution is 2.14. The summed E-state index contributed by atoms with van der Waals surface area (Å²) >= 11 is 0. The van der Waals surface area contributed by atoms with Gasteiger partial charge in [-0.25, -0.2) is 0 Å². The van der Waals surface area contributed by atoms with Crippen LogP contribution in [0.15, 0.2) is 0 Å². The molecule has 0 bridgehead atoms. The fourth-order valence-corrected chi connectivity index (χ4v) is 1.77. The second kappa shape index (κ2) is 4.83. The van der Waals surface area contributed by atoms with E-state index in [1.165, 1.54) is 38.8 Å². The van der Waals surface area contributed by atoms with Crippen LogP contribution < -0.4 is 10.6 Å². The van der Waals surface area contributed by atoms with Gasteiger partial charge in [0.15, 0.2) is 0 Å². The molecule has 0 aromatic carbocycles. The van der Waals surface area contributed by atoms with Crippen molar-refractivity contribution >= 4 is 0 Å². The standard InChI is InChI=1S/C10H22N2/c1-3-4-8-12-10(2)6-5-7-11-9-10/h11-12H,3-9H2,1-2H3. The van der Waals surface area contributed by atoms with Crippen LogP contribution in [-0.2, 0) is 0 Å². The van der Waals surface area contributed by atoms with Gasteiger partial charge in [0.25, 0.3) is 0 Å². The van der Waals surface area contributed by atoms with Gasteiger partial charge in [0.05, 0.1) is 0 Å². The molecule has 0 spiro atoms. The highest BCUT2D eigenvalue weighted by molar-refractivity contribution is 4.88.